The molecule has 3 rings (SSSR count). The van der Waals surface area contributed by atoms with E-state index in [-0.39, 0.29) is 24.8 Å². The van der Waals surface area contributed by atoms with Crippen molar-refractivity contribution in [2.24, 2.45) is 0 Å². The van der Waals surface area contributed by atoms with E-state index in [9.17, 15) is 0 Å². The molecular weight excluding hydrogens is 454 g/mol. The molecule has 4 heteroatoms. The molecule has 0 N–H and O–H groups in total. The monoisotopic (exact) mass is 477 g/mol. The Balaban J connectivity index is 0.00000169. The summed E-state index contributed by atoms with van der Waals surface area (Å²) in [5.41, 5.74) is 6.06. The topological polar surface area (TPSA) is 0 Å². The maximum absolute atomic E-state index is 2.50. The van der Waals surface area contributed by atoms with Crippen molar-refractivity contribution in [1.29, 1.82) is 0 Å². The van der Waals surface area contributed by atoms with Crippen molar-refractivity contribution in [1.82, 2.24) is 0 Å². The van der Waals surface area contributed by atoms with Crippen LogP contribution in [0.4, 0.5) is 0 Å². The molecule has 0 amide bonds. The second-order valence-electron chi connectivity index (χ2n) is 7.81. The molecule has 0 saturated heterocycles. The Morgan fingerprint density at radius 2 is 1.31 bits per heavy atom. The van der Waals surface area contributed by atoms with E-state index in [2.05, 4.69) is 86.4 Å². The minimum atomic E-state index is -1.14. The third-order valence-electron chi connectivity index (χ3n) is 4.52. The van der Waals surface area contributed by atoms with Gasteiger partial charge in [-0.25, -0.2) is 0 Å². The van der Waals surface area contributed by atoms with Gasteiger partial charge in [0.05, 0.1) is 0 Å². The third-order valence-corrected chi connectivity index (χ3v) is 7.18. The summed E-state index contributed by atoms with van der Waals surface area (Å²) in [6, 6.07) is 23.3. The average Bonchev–Trinajstić information content (AvgIpc) is 2.89. The first-order valence-corrected chi connectivity index (χ1v) is 13.6. The fourth-order valence-corrected chi connectivity index (χ4v) is 6.24. The van der Waals surface area contributed by atoms with E-state index in [0.29, 0.717) is 5.92 Å². The van der Waals surface area contributed by atoms with E-state index < -0.39 is 8.07 Å². The van der Waals surface area contributed by atoms with Gasteiger partial charge in [-0.05, 0) is 0 Å². The Morgan fingerprint density at radius 1 is 0.846 bits per heavy atom. The first kappa shape index (κ1) is 23.6. The van der Waals surface area contributed by atoms with E-state index >= 15 is 0 Å². The van der Waals surface area contributed by atoms with E-state index in [1.165, 1.54) is 17.2 Å². The number of rotatable bonds is 5. The van der Waals surface area contributed by atoms with Crippen LogP contribution in [0.3, 0.4) is 0 Å². The van der Waals surface area contributed by atoms with Crippen molar-refractivity contribution in [3.63, 3.8) is 0 Å². The second-order valence-corrected chi connectivity index (χ2v) is 14.8. The number of allylic oxidation sites excluding steroid dienone is 4. The normalized spacial score (nSPS) is 14.0. The quantitative estimate of drug-likeness (QED) is 0.541. The van der Waals surface area contributed by atoms with Gasteiger partial charge >= 0.3 is 163 Å². The van der Waals surface area contributed by atoms with Crippen LogP contribution in [0.15, 0.2) is 81.2 Å². The molecule has 0 atom stereocenters. The summed E-state index contributed by atoms with van der Waals surface area (Å²) in [4.78, 5) is 0. The molecule has 0 aliphatic heterocycles. The largest absolute Gasteiger partial charge is 1.00 e. The van der Waals surface area contributed by atoms with Gasteiger partial charge in [0, 0.05) is 0 Å². The van der Waals surface area contributed by atoms with Crippen LogP contribution in [-0.2, 0) is 24.7 Å². The Hall–Kier alpha value is -0.400. The summed E-state index contributed by atoms with van der Waals surface area (Å²) in [6.07, 6.45) is 3.66. The molecule has 1 aliphatic rings. The van der Waals surface area contributed by atoms with Crippen LogP contribution < -0.4 is 24.8 Å². The van der Waals surface area contributed by atoms with Gasteiger partial charge in [-0.1, -0.05) is 0 Å². The van der Waals surface area contributed by atoms with Crippen molar-refractivity contribution in [3.05, 3.63) is 92.3 Å². The van der Waals surface area contributed by atoms with Gasteiger partial charge in [0.25, 0.3) is 0 Å². The van der Waals surface area contributed by atoms with Gasteiger partial charge in [-0.15, -0.1) is 0 Å². The minimum absolute atomic E-state index is 0. The average molecular weight is 480 g/mol. The van der Waals surface area contributed by atoms with Gasteiger partial charge in [0.1, 0.15) is 0 Å². The predicted octanol–water partition coefficient (Wildman–Crippen LogP) is 0.296. The van der Waals surface area contributed by atoms with Gasteiger partial charge in [0.2, 0.25) is 0 Å². The molecule has 2 aromatic carbocycles. The Labute approximate surface area is 186 Å². The summed E-state index contributed by atoms with van der Waals surface area (Å²) in [6.45, 7) is 7.46. The molecule has 0 heterocycles. The first-order chi connectivity index (χ1) is 11.5. The SMILES string of the molecule is C[Si](C)(C)CC1=[C]([Zr+2])CC=C1C(c1ccccc1)c1ccccc1.[Cl-].[Cl-]. The molecule has 135 valence electrons. The van der Waals surface area contributed by atoms with Crippen LogP contribution in [-0.4, -0.2) is 8.07 Å². The molecule has 1 aliphatic carbocycles. The van der Waals surface area contributed by atoms with Crippen molar-refractivity contribution >= 4 is 8.07 Å². The van der Waals surface area contributed by atoms with E-state index in [4.69, 9.17) is 0 Å². The van der Waals surface area contributed by atoms with Crippen LogP contribution in [0.1, 0.15) is 23.5 Å². The smallest absolute Gasteiger partial charge is 1.00 e. The van der Waals surface area contributed by atoms with Crippen LogP contribution in [0.25, 0.3) is 0 Å². The standard InChI is InChI=1S/C22H25Si.2ClH.Zr/c1-23(2,3)17-20-15-10-16-21(20)22(18-11-6-4-7-12-18)19-13-8-5-9-14-19;;;/h4-9,11-14,16,22H,10,17H2,1-3H3;2*1H;/q;;;+2/p-2. The summed E-state index contributed by atoms with van der Waals surface area (Å²) in [5, 5.41) is 0. The molecule has 0 aromatic heterocycles. The molecule has 0 radical (unpaired) electrons. The molecule has 0 nitrogen and oxygen atoms in total. The van der Waals surface area contributed by atoms with Crippen LogP contribution in [0.2, 0.25) is 25.7 Å². The predicted molar refractivity (Wildman–Crippen MR) is 103 cm³/mol. The van der Waals surface area contributed by atoms with Crippen LogP contribution in [0, 0.1) is 0 Å². The second kappa shape index (κ2) is 10.2. The number of halogens is 2. The third kappa shape index (κ3) is 5.80. The molecule has 0 bridgehead atoms. The molecule has 0 fully saturated rings. The zero-order valence-electron chi connectivity index (χ0n) is 15.6. The summed E-state index contributed by atoms with van der Waals surface area (Å²) in [7, 11) is -1.14. The minimum Gasteiger partial charge on any atom is -1.00 e. The van der Waals surface area contributed by atoms with Crippen molar-refractivity contribution in [3.8, 4) is 0 Å². The molecule has 26 heavy (non-hydrogen) atoms. The summed E-state index contributed by atoms with van der Waals surface area (Å²) >= 11 is 1.59. The molecular formula is C22H25Cl2SiZr. The van der Waals surface area contributed by atoms with Crippen LogP contribution >= 0.6 is 0 Å². The molecule has 0 saturated carbocycles. The Morgan fingerprint density at radius 3 is 1.73 bits per heavy atom. The van der Waals surface area contributed by atoms with Gasteiger partial charge in [-0.2, -0.15) is 0 Å². The van der Waals surface area contributed by atoms with E-state index in [1.807, 2.05) is 0 Å². The molecule has 0 unspecified atom stereocenters. The van der Waals surface area contributed by atoms with E-state index in [1.54, 1.807) is 39.1 Å². The fraction of sp³-hybridized carbons (Fsp3) is 0.273. The Kier molecular flexibility index (Phi) is 9.30. The summed E-state index contributed by atoms with van der Waals surface area (Å²) < 4.78 is 1.66. The van der Waals surface area contributed by atoms with Crippen molar-refractivity contribution < 1.29 is 49.5 Å². The van der Waals surface area contributed by atoms with Gasteiger partial charge in [-0.3, -0.25) is 0 Å². The zero-order valence-corrected chi connectivity index (χ0v) is 20.6. The van der Waals surface area contributed by atoms with Crippen LogP contribution in [0.5, 0.6) is 0 Å². The number of benzene rings is 2. The first-order valence-electron chi connectivity index (χ1n) is 8.69. The maximum Gasteiger partial charge on any atom is -1.00 e. The number of hydrogen-bond acceptors (Lipinski definition) is 0. The zero-order chi connectivity index (χ0) is 17.2. The molecule has 0 spiro atoms. The summed E-state index contributed by atoms with van der Waals surface area (Å²) in [5.74, 6) is 0.372. The Bertz CT molecular complexity index is 722. The van der Waals surface area contributed by atoms with Crippen molar-refractivity contribution in [2.75, 3.05) is 0 Å². The van der Waals surface area contributed by atoms with Crippen molar-refractivity contribution in [2.45, 2.75) is 38.0 Å². The number of hydrogen-bond donors (Lipinski definition) is 0. The van der Waals surface area contributed by atoms with Gasteiger partial charge in [0.15, 0.2) is 0 Å². The fourth-order valence-electron chi connectivity index (χ4n) is 3.51. The molecule has 2 aromatic rings. The maximum atomic E-state index is 2.50. The van der Waals surface area contributed by atoms with Gasteiger partial charge < -0.3 is 24.8 Å². The van der Waals surface area contributed by atoms with E-state index in [0.717, 1.165) is 6.42 Å².